The van der Waals surface area contributed by atoms with Crippen molar-refractivity contribution in [1.82, 2.24) is 9.38 Å². The van der Waals surface area contributed by atoms with Gasteiger partial charge in [-0.3, -0.25) is 0 Å². The highest BCUT2D eigenvalue weighted by Crippen LogP contribution is 2.19. The molecule has 0 atom stereocenters. The number of nitrogens with two attached hydrogens (primary N) is 2. The zero-order chi connectivity index (χ0) is 14.7. The molecular formula is C15H14N6. The van der Waals surface area contributed by atoms with E-state index in [1.165, 1.54) is 0 Å². The summed E-state index contributed by atoms with van der Waals surface area (Å²) in [6.07, 6.45) is 5.56. The molecule has 104 valence electrons. The molecule has 0 aliphatic carbocycles. The first-order valence-corrected chi connectivity index (χ1v) is 6.38. The highest BCUT2D eigenvalue weighted by atomic mass is 15.3. The van der Waals surface area contributed by atoms with E-state index in [-0.39, 0.29) is 5.96 Å². The summed E-state index contributed by atoms with van der Waals surface area (Å²) in [7, 11) is 0. The summed E-state index contributed by atoms with van der Waals surface area (Å²) < 4.78 is 1.99. The average molecular weight is 278 g/mol. The Hall–Kier alpha value is -3.15. The zero-order valence-electron chi connectivity index (χ0n) is 11.2. The first kappa shape index (κ1) is 12.9. The van der Waals surface area contributed by atoms with E-state index in [0.717, 1.165) is 22.5 Å². The predicted molar refractivity (Wildman–Crippen MR) is 84.0 cm³/mol. The summed E-state index contributed by atoms with van der Waals surface area (Å²) >= 11 is 0. The summed E-state index contributed by atoms with van der Waals surface area (Å²) in [5.74, 6) is -0.0624. The van der Waals surface area contributed by atoms with Crippen LogP contribution in [-0.4, -0.2) is 21.6 Å². The highest BCUT2D eigenvalue weighted by molar-refractivity contribution is 5.82. The largest absolute Gasteiger partial charge is 0.369 e. The molecule has 0 aliphatic heterocycles. The van der Waals surface area contributed by atoms with Gasteiger partial charge in [0.15, 0.2) is 0 Å². The van der Waals surface area contributed by atoms with Crippen molar-refractivity contribution in [2.24, 2.45) is 21.7 Å². The number of benzene rings is 1. The fourth-order valence-corrected chi connectivity index (χ4v) is 1.98. The molecule has 0 aliphatic rings. The molecule has 0 unspecified atom stereocenters. The van der Waals surface area contributed by atoms with Crippen LogP contribution < -0.4 is 11.5 Å². The first-order valence-electron chi connectivity index (χ1n) is 6.38. The minimum absolute atomic E-state index is 0.0624. The Kier molecular flexibility index (Phi) is 3.34. The van der Waals surface area contributed by atoms with Crippen molar-refractivity contribution < 1.29 is 0 Å². The zero-order valence-corrected chi connectivity index (χ0v) is 11.2. The van der Waals surface area contributed by atoms with E-state index in [1.54, 1.807) is 6.21 Å². The van der Waals surface area contributed by atoms with E-state index in [9.17, 15) is 0 Å². The van der Waals surface area contributed by atoms with Crippen molar-refractivity contribution in [3.05, 3.63) is 60.4 Å². The summed E-state index contributed by atoms with van der Waals surface area (Å²) in [5.41, 5.74) is 14.2. The Bertz CT molecular complexity index is 777. The van der Waals surface area contributed by atoms with Gasteiger partial charge in [0, 0.05) is 18.0 Å². The van der Waals surface area contributed by atoms with Crippen LogP contribution in [0.1, 0.15) is 5.56 Å². The van der Waals surface area contributed by atoms with Crippen LogP contribution in [0.2, 0.25) is 0 Å². The van der Waals surface area contributed by atoms with Crippen LogP contribution in [-0.2, 0) is 0 Å². The third kappa shape index (κ3) is 2.89. The lowest BCUT2D eigenvalue weighted by atomic mass is 10.1. The van der Waals surface area contributed by atoms with E-state index >= 15 is 0 Å². The van der Waals surface area contributed by atoms with Gasteiger partial charge in [-0.1, -0.05) is 30.3 Å². The average Bonchev–Trinajstić information content (AvgIpc) is 2.91. The normalized spacial score (nSPS) is 11.0. The van der Waals surface area contributed by atoms with Crippen molar-refractivity contribution in [3.8, 4) is 11.3 Å². The van der Waals surface area contributed by atoms with E-state index in [2.05, 4.69) is 15.2 Å². The Morgan fingerprint density at radius 1 is 1.10 bits per heavy atom. The number of guanidine groups is 1. The number of imidazole rings is 1. The number of fused-ring (bicyclic) bond motifs is 1. The standard InChI is InChI=1S/C15H14N6/c16-15(17)20-18-9-11-4-6-12(7-5-11)13-10-21-8-2-1-3-14(21)19-13/h1-10H,(H4,16,17,20)/b18-9+. The lowest BCUT2D eigenvalue weighted by Gasteiger charge is -1.96. The number of rotatable bonds is 3. The van der Waals surface area contributed by atoms with Gasteiger partial charge in [-0.25, -0.2) is 4.98 Å². The summed E-state index contributed by atoms with van der Waals surface area (Å²) in [6.45, 7) is 0. The van der Waals surface area contributed by atoms with Gasteiger partial charge < -0.3 is 15.9 Å². The smallest absolute Gasteiger partial charge is 0.211 e. The van der Waals surface area contributed by atoms with Crippen LogP contribution in [0, 0.1) is 0 Å². The molecule has 6 heteroatoms. The molecule has 3 aromatic rings. The summed E-state index contributed by atoms with van der Waals surface area (Å²) in [4.78, 5) is 4.57. The molecule has 2 heterocycles. The van der Waals surface area contributed by atoms with Gasteiger partial charge in [0.05, 0.1) is 11.9 Å². The molecule has 0 bridgehead atoms. The molecule has 1 aromatic carbocycles. The third-order valence-electron chi connectivity index (χ3n) is 2.95. The van der Waals surface area contributed by atoms with Crippen LogP contribution in [0.15, 0.2) is 65.1 Å². The number of aromatic nitrogens is 2. The van der Waals surface area contributed by atoms with Crippen LogP contribution in [0.4, 0.5) is 0 Å². The monoisotopic (exact) mass is 278 g/mol. The Morgan fingerprint density at radius 2 is 1.90 bits per heavy atom. The number of hydrogen-bond acceptors (Lipinski definition) is 3. The Morgan fingerprint density at radius 3 is 2.62 bits per heavy atom. The molecule has 0 saturated heterocycles. The van der Waals surface area contributed by atoms with Gasteiger partial charge in [0.25, 0.3) is 0 Å². The maximum absolute atomic E-state index is 5.20. The Balaban J connectivity index is 1.86. The first-order chi connectivity index (χ1) is 10.2. The topological polar surface area (TPSA) is 94.1 Å². The molecule has 21 heavy (non-hydrogen) atoms. The van der Waals surface area contributed by atoms with E-state index in [0.29, 0.717) is 0 Å². The van der Waals surface area contributed by atoms with Crippen molar-refractivity contribution in [1.29, 1.82) is 0 Å². The second kappa shape index (κ2) is 5.46. The highest BCUT2D eigenvalue weighted by Gasteiger charge is 2.03. The third-order valence-corrected chi connectivity index (χ3v) is 2.95. The lowest BCUT2D eigenvalue weighted by Crippen LogP contribution is -2.21. The Labute approximate surface area is 121 Å². The second-order valence-electron chi connectivity index (χ2n) is 4.48. The second-order valence-corrected chi connectivity index (χ2v) is 4.48. The minimum atomic E-state index is -0.0624. The van der Waals surface area contributed by atoms with Crippen LogP contribution in [0.5, 0.6) is 0 Å². The van der Waals surface area contributed by atoms with Crippen molar-refractivity contribution in [2.75, 3.05) is 0 Å². The number of hydrogen-bond donors (Lipinski definition) is 2. The number of nitrogens with zero attached hydrogens (tertiary/aromatic N) is 4. The fraction of sp³-hybridized carbons (Fsp3) is 0. The molecule has 0 radical (unpaired) electrons. The number of pyridine rings is 1. The van der Waals surface area contributed by atoms with E-state index in [1.807, 2.05) is 59.3 Å². The van der Waals surface area contributed by atoms with Gasteiger partial charge in [0.2, 0.25) is 5.96 Å². The predicted octanol–water partition coefficient (Wildman–Crippen LogP) is 1.61. The molecular weight excluding hydrogens is 264 g/mol. The van der Waals surface area contributed by atoms with Crippen LogP contribution >= 0.6 is 0 Å². The van der Waals surface area contributed by atoms with Crippen molar-refractivity contribution >= 4 is 17.8 Å². The molecule has 2 aromatic heterocycles. The van der Waals surface area contributed by atoms with Crippen LogP contribution in [0.25, 0.3) is 16.9 Å². The summed E-state index contributed by atoms with van der Waals surface area (Å²) in [5, 5.41) is 7.33. The lowest BCUT2D eigenvalue weighted by molar-refractivity contribution is 1.19. The minimum Gasteiger partial charge on any atom is -0.369 e. The molecule has 0 amide bonds. The van der Waals surface area contributed by atoms with E-state index in [4.69, 9.17) is 11.5 Å². The van der Waals surface area contributed by atoms with Gasteiger partial charge >= 0.3 is 0 Å². The molecule has 0 saturated carbocycles. The fourth-order valence-electron chi connectivity index (χ4n) is 1.98. The molecule has 6 nitrogen and oxygen atoms in total. The SMILES string of the molecule is NC(N)=N/N=C/c1ccc(-c2cn3ccccc3n2)cc1. The van der Waals surface area contributed by atoms with Gasteiger partial charge in [0.1, 0.15) is 5.65 Å². The molecule has 4 N–H and O–H groups in total. The molecule has 3 rings (SSSR count). The van der Waals surface area contributed by atoms with Crippen molar-refractivity contribution in [2.45, 2.75) is 0 Å². The van der Waals surface area contributed by atoms with Gasteiger partial charge in [-0.2, -0.15) is 5.10 Å². The quantitative estimate of drug-likeness (QED) is 0.433. The van der Waals surface area contributed by atoms with Crippen LogP contribution in [0.3, 0.4) is 0 Å². The molecule has 0 spiro atoms. The molecule has 0 fully saturated rings. The van der Waals surface area contributed by atoms with Gasteiger partial charge in [-0.05, 0) is 17.7 Å². The van der Waals surface area contributed by atoms with Crippen molar-refractivity contribution in [3.63, 3.8) is 0 Å². The summed E-state index contributed by atoms with van der Waals surface area (Å²) in [6, 6.07) is 13.8. The van der Waals surface area contributed by atoms with Gasteiger partial charge in [-0.15, -0.1) is 5.10 Å². The maximum Gasteiger partial charge on any atom is 0.211 e. The van der Waals surface area contributed by atoms with E-state index < -0.39 is 0 Å². The maximum atomic E-state index is 5.20.